The molecule has 3 aromatic heterocycles. The van der Waals surface area contributed by atoms with Crippen LogP contribution in [0.5, 0.6) is 0 Å². The maximum atomic E-state index is 13.1. The van der Waals surface area contributed by atoms with Crippen LogP contribution in [-0.2, 0) is 4.74 Å². The van der Waals surface area contributed by atoms with Crippen LogP contribution < -0.4 is 15.5 Å². The number of hydrogen-bond acceptors (Lipinski definition) is 9. The van der Waals surface area contributed by atoms with Crippen molar-refractivity contribution in [1.82, 2.24) is 20.2 Å². The maximum absolute atomic E-state index is 13.1. The normalized spacial score (nSPS) is 17.7. The van der Waals surface area contributed by atoms with E-state index in [-0.39, 0.29) is 11.4 Å². The molecule has 156 valence electrons. The fourth-order valence-electron chi connectivity index (χ4n) is 3.54. The van der Waals surface area contributed by atoms with E-state index in [1.54, 1.807) is 13.0 Å². The van der Waals surface area contributed by atoms with Crippen LogP contribution in [-0.4, -0.2) is 57.9 Å². The summed E-state index contributed by atoms with van der Waals surface area (Å²) >= 11 is 0. The van der Waals surface area contributed by atoms with Crippen molar-refractivity contribution in [3.05, 3.63) is 29.8 Å². The van der Waals surface area contributed by atoms with E-state index in [9.17, 15) is 4.79 Å². The number of aryl methyl sites for hydroxylation is 1. The molecule has 0 unspecified atom stereocenters. The summed E-state index contributed by atoms with van der Waals surface area (Å²) in [5, 5.41) is 15.2. The fourth-order valence-corrected chi connectivity index (χ4v) is 3.54. The Labute approximate surface area is 173 Å². The zero-order chi connectivity index (χ0) is 20.7. The molecule has 0 atom stereocenters. The lowest BCUT2D eigenvalue weighted by Crippen LogP contribution is -2.36. The highest BCUT2D eigenvalue weighted by Gasteiger charge is 2.38. The zero-order valence-corrected chi connectivity index (χ0v) is 16.9. The summed E-state index contributed by atoms with van der Waals surface area (Å²) in [6.45, 7) is 6.76. The summed E-state index contributed by atoms with van der Waals surface area (Å²) in [6.07, 6.45) is 3.56. The van der Waals surface area contributed by atoms with E-state index in [1.165, 1.54) is 6.33 Å². The number of anilines is 3. The number of hydrogen-bond donors (Lipinski definition) is 2. The molecule has 1 amide bonds. The van der Waals surface area contributed by atoms with Crippen LogP contribution in [0.3, 0.4) is 0 Å². The third kappa shape index (κ3) is 3.54. The Morgan fingerprint density at radius 1 is 1.17 bits per heavy atom. The maximum Gasteiger partial charge on any atom is 0.261 e. The lowest BCUT2D eigenvalue weighted by atomic mass is 10.1. The van der Waals surface area contributed by atoms with Gasteiger partial charge >= 0.3 is 0 Å². The third-order valence-corrected chi connectivity index (χ3v) is 5.54. The van der Waals surface area contributed by atoms with Crippen molar-refractivity contribution >= 4 is 34.5 Å². The highest BCUT2D eigenvalue weighted by Crippen LogP contribution is 2.40. The van der Waals surface area contributed by atoms with Crippen LogP contribution in [0.2, 0.25) is 0 Å². The molecule has 1 saturated heterocycles. The molecule has 10 heteroatoms. The molecule has 4 heterocycles. The molecule has 1 aliphatic heterocycles. The molecule has 0 aromatic carbocycles. The molecule has 0 spiro atoms. The second kappa shape index (κ2) is 7.21. The van der Waals surface area contributed by atoms with Gasteiger partial charge in [-0.3, -0.25) is 4.79 Å². The number of carbonyl (C=O) groups is 1. The quantitative estimate of drug-likeness (QED) is 0.654. The van der Waals surface area contributed by atoms with Crippen molar-refractivity contribution in [1.29, 1.82) is 0 Å². The Hall–Kier alpha value is -3.27. The van der Waals surface area contributed by atoms with Gasteiger partial charge in [-0.1, -0.05) is 0 Å². The van der Waals surface area contributed by atoms with Gasteiger partial charge in [0.15, 0.2) is 11.6 Å². The molecule has 0 bridgehead atoms. The fraction of sp³-hybridized carbons (Fsp3) is 0.450. The van der Waals surface area contributed by atoms with Crippen LogP contribution in [0, 0.1) is 6.92 Å². The van der Waals surface area contributed by atoms with Gasteiger partial charge < -0.3 is 24.7 Å². The summed E-state index contributed by atoms with van der Waals surface area (Å²) in [4.78, 5) is 23.7. The number of nitrogens with zero attached hydrogens (tertiary/aromatic N) is 5. The SMILES string of the molecule is Cc1oc2ncnc(NC3(C)CC3)c2c1C(=O)Nc1ccc(N2CCOCC2)nn1. The van der Waals surface area contributed by atoms with Crippen molar-refractivity contribution in [3.63, 3.8) is 0 Å². The van der Waals surface area contributed by atoms with Gasteiger partial charge in [0.1, 0.15) is 17.9 Å². The summed E-state index contributed by atoms with van der Waals surface area (Å²) < 4.78 is 11.1. The van der Waals surface area contributed by atoms with Gasteiger partial charge in [-0.15, -0.1) is 10.2 Å². The van der Waals surface area contributed by atoms with Gasteiger partial charge in [-0.25, -0.2) is 9.97 Å². The monoisotopic (exact) mass is 409 g/mol. The number of amides is 1. The number of morpholine rings is 1. The molecule has 1 saturated carbocycles. The second-order valence-corrected chi connectivity index (χ2v) is 7.95. The van der Waals surface area contributed by atoms with Gasteiger partial charge in [0, 0.05) is 18.6 Å². The number of ether oxygens (including phenoxy) is 1. The van der Waals surface area contributed by atoms with Crippen LogP contribution in [0.1, 0.15) is 35.9 Å². The van der Waals surface area contributed by atoms with Gasteiger partial charge in [0.25, 0.3) is 5.91 Å². The average molecular weight is 409 g/mol. The van der Waals surface area contributed by atoms with Crippen LogP contribution >= 0.6 is 0 Å². The summed E-state index contributed by atoms with van der Waals surface area (Å²) in [5.74, 6) is 1.88. The van der Waals surface area contributed by atoms with Crippen LogP contribution in [0.4, 0.5) is 17.5 Å². The molecular formula is C20H23N7O3. The second-order valence-electron chi connectivity index (χ2n) is 7.95. The van der Waals surface area contributed by atoms with Crippen molar-refractivity contribution < 1.29 is 13.9 Å². The lowest BCUT2D eigenvalue weighted by Gasteiger charge is -2.27. The van der Waals surface area contributed by atoms with Crippen molar-refractivity contribution in [3.8, 4) is 0 Å². The molecule has 10 nitrogen and oxygen atoms in total. The first-order valence-corrected chi connectivity index (χ1v) is 10.0. The number of nitrogens with one attached hydrogen (secondary N) is 2. The largest absolute Gasteiger partial charge is 0.442 e. The van der Waals surface area contributed by atoms with E-state index in [4.69, 9.17) is 9.15 Å². The van der Waals surface area contributed by atoms with Crippen molar-refractivity contribution in [2.45, 2.75) is 32.2 Å². The molecule has 2 N–H and O–H groups in total. The predicted octanol–water partition coefficient (Wildman–Crippen LogP) is 2.37. The van der Waals surface area contributed by atoms with Crippen molar-refractivity contribution in [2.75, 3.05) is 41.8 Å². The standard InChI is InChI=1S/C20H23N7O3/c1-12-15(16-17(24-20(2)5-6-20)21-11-22-19(16)30-12)18(28)23-13-3-4-14(26-25-13)27-7-9-29-10-8-27/h3-4,11H,5-10H2,1-2H3,(H,21,22,24)(H,23,25,28). The lowest BCUT2D eigenvalue weighted by molar-refractivity contribution is 0.102. The highest BCUT2D eigenvalue weighted by molar-refractivity contribution is 6.15. The zero-order valence-electron chi connectivity index (χ0n) is 16.9. The number of carbonyl (C=O) groups excluding carboxylic acids is 1. The number of furan rings is 1. The molecule has 2 aliphatic rings. The van der Waals surface area contributed by atoms with E-state index >= 15 is 0 Å². The minimum Gasteiger partial charge on any atom is -0.442 e. The average Bonchev–Trinajstić information content (AvgIpc) is 3.37. The molecule has 1 aliphatic carbocycles. The van der Waals surface area contributed by atoms with E-state index in [0.29, 0.717) is 47.3 Å². The summed E-state index contributed by atoms with van der Waals surface area (Å²) in [7, 11) is 0. The smallest absolute Gasteiger partial charge is 0.261 e. The Balaban J connectivity index is 1.40. The minimum atomic E-state index is -0.335. The first-order valence-electron chi connectivity index (χ1n) is 10.0. The molecule has 2 fully saturated rings. The number of aromatic nitrogens is 4. The van der Waals surface area contributed by atoms with E-state index in [1.807, 2.05) is 6.07 Å². The Bertz CT molecular complexity index is 1090. The van der Waals surface area contributed by atoms with Crippen LogP contribution in [0.15, 0.2) is 22.9 Å². The van der Waals surface area contributed by atoms with Gasteiger partial charge in [0.05, 0.1) is 24.2 Å². The van der Waals surface area contributed by atoms with Gasteiger partial charge in [-0.2, -0.15) is 0 Å². The van der Waals surface area contributed by atoms with Crippen LogP contribution in [0.25, 0.3) is 11.1 Å². The van der Waals surface area contributed by atoms with Crippen molar-refractivity contribution in [2.24, 2.45) is 0 Å². The van der Waals surface area contributed by atoms with Gasteiger partial charge in [-0.05, 0) is 38.8 Å². The Morgan fingerprint density at radius 3 is 2.67 bits per heavy atom. The Kier molecular flexibility index (Phi) is 4.50. The van der Waals surface area contributed by atoms with E-state index < -0.39 is 0 Å². The summed E-state index contributed by atoms with van der Waals surface area (Å²) in [6, 6.07) is 3.59. The molecule has 5 rings (SSSR count). The highest BCUT2D eigenvalue weighted by atomic mass is 16.5. The van der Waals surface area contributed by atoms with E-state index in [0.717, 1.165) is 31.7 Å². The van der Waals surface area contributed by atoms with E-state index in [2.05, 4.69) is 42.6 Å². The molecule has 3 aromatic rings. The molecule has 0 radical (unpaired) electrons. The number of fused-ring (bicyclic) bond motifs is 1. The first-order chi connectivity index (χ1) is 14.5. The molecular weight excluding hydrogens is 386 g/mol. The number of rotatable bonds is 5. The van der Waals surface area contributed by atoms with Gasteiger partial charge in [0.2, 0.25) is 5.71 Å². The topological polar surface area (TPSA) is 118 Å². The predicted molar refractivity (Wildman–Crippen MR) is 111 cm³/mol. The third-order valence-electron chi connectivity index (χ3n) is 5.54. The first kappa shape index (κ1) is 18.7. The summed E-state index contributed by atoms with van der Waals surface area (Å²) in [5.41, 5.74) is 0.783. The minimum absolute atomic E-state index is 0.000995. The Morgan fingerprint density at radius 2 is 1.97 bits per heavy atom. The molecule has 30 heavy (non-hydrogen) atoms.